The molecule has 5 nitrogen and oxygen atoms in total. The van der Waals surface area contributed by atoms with E-state index in [2.05, 4.69) is 39.3 Å². The zero-order valence-electron chi connectivity index (χ0n) is 13.2. The van der Waals surface area contributed by atoms with E-state index in [0.717, 1.165) is 31.4 Å². The molecule has 4 rings (SSSR count). The van der Waals surface area contributed by atoms with Gasteiger partial charge >= 0.3 is 0 Å². The molecule has 2 N–H and O–H groups in total. The highest BCUT2D eigenvalue weighted by atomic mass is 35.5. The average molecular weight is 335 g/mol. The largest absolute Gasteiger partial charge is 0.334 e. The Hall–Kier alpha value is -1.43. The molecule has 0 bridgehead atoms. The van der Waals surface area contributed by atoms with Crippen molar-refractivity contribution in [2.24, 2.45) is 5.73 Å². The third-order valence-corrected chi connectivity index (χ3v) is 4.92. The molecule has 1 aromatic heterocycles. The Kier molecular flexibility index (Phi) is 4.71. The van der Waals surface area contributed by atoms with Crippen LogP contribution in [0.1, 0.15) is 43.5 Å². The van der Waals surface area contributed by atoms with Gasteiger partial charge in [0, 0.05) is 12.1 Å². The number of halogens is 1. The summed E-state index contributed by atoms with van der Waals surface area (Å²) in [6.07, 6.45) is 5.68. The summed E-state index contributed by atoms with van der Waals surface area (Å²) in [7, 11) is 0. The topological polar surface area (TPSA) is 68.2 Å². The van der Waals surface area contributed by atoms with Gasteiger partial charge in [-0.2, -0.15) is 4.98 Å². The summed E-state index contributed by atoms with van der Waals surface area (Å²) in [5.41, 5.74) is 8.17. The number of nitrogens with two attached hydrogens (primary N) is 1. The Labute approximate surface area is 142 Å². The molecule has 6 heteroatoms. The van der Waals surface area contributed by atoms with Crippen molar-refractivity contribution in [3.63, 3.8) is 0 Å². The minimum absolute atomic E-state index is 0. The smallest absolute Gasteiger partial charge is 0.257 e. The van der Waals surface area contributed by atoms with Gasteiger partial charge in [0.1, 0.15) is 0 Å². The fourth-order valence-electron chi connectivity index (χ4n) is 3.28. The molecule has 0 spiro atoms. The molecular weight excluding hydrogens is 312 g/mol. The molecular formula is C17H23ClN4O. The molecule has 0 unspecified atom stereocenters. The van der Waals surface area contributed by atoms with E-state index in [1.165, 1.54) is 31.5 Å². The number of likely N-dealkylation sites (tertiary alicyclic amines) is 1. The van der Waals surface area contributed by atoms with Gasteiger partial charge in [-0.15, -0.1) is 12.4 Å². The Bertz CT molecular complexity index is 645. The number of aromatic nitrogens is 2. The zero-order valence-corrected chi connectivity index (χ0v) is 14.0. The van der Waals surface area contributed by atoms with Crippen LogP contribution in [0, 0.1) is 0 Å². The van der Waals surface area contributed by atoms with Gasteiger partial charge in [0.2, 0.25) is 0 Å². The lowest BCUT2D eigenvalue weighted by molar-refractivity contribution is 0.229. The molecule has 1 aliphatic carbocycles. The highest BCUT2D eigenvalue weighted by Crippen LogP contribution is 2.37. The maximum Gasteiger partial charge on any atom is 0.257 e. The SMILES string of the molecule is Cl.NC1(c2noc(-c3ccc(CN4CCCC4)cc3)n2)CCC1. The first kappa shape index (κ1) is 16.4. The number of nitrogens with zero attached hydrogens (tertiary/aromatic N) is 3. The van der Waals surface area contributed by atoms with Gasteiger partial charge in [-0.25, -0.2) is 0 Å². The van der Waals surface area contributed by atoms with Crippen molar-refractivity contribution >= 4 is 12.4 Å². The highest BCUT2D eigenvalue weighted by Gasteiger charge is 2.39. The summed E-state index contributed by atoms with van der Waals surface area (Å²) < 4.78 is 5.39. The summed E-state index contributed by atoms with van der Waals surface area (Å²) in [6.45, 7) is 3.46. The highest BCUT2D eigenvalue weighted by molar-refractivity contribution is 5.85. The van der Waals surface area contributed by atoms with Crippen molar-refractivity contribution in [2.75, 3.05) is 13.1 Å². The van der Waals surface area contributed by atoms with Crippen molar-refractivity contribution in [1.82, 2.24) is 15.0 Å². The zero-order chi connectivity index (χ0) is 15.0. The standard InChI is InChI=1S/C17H22N4O.ClH/c18-17(8-3-9-17)16-19-15(22-20-16)14-6-4-13(5-7-14)12-21-10-1-2-11-21;/h4-7H,1-3,8-12,18H2;1H. The molecule has 124 valence electrons. The van der Waals surface area contributed by atoms with Crippen LogP contribution in [0.25, 0.3) is 11.5 Å². The molecule has 0 atom stereocenters. The molecule has 0 radical (unpaired) electrons. The van der Waals surface area contributed by atoms with Gasteiger partial charge in [0.25, 0.3) is 5.89 Å². The molecule has 1 aromatic carbocycles. The summed E-state index contributed by atoms with van der Waals surface area (Å²) in [6, 6.07) is 8.43. The van der Waals surface area contributed by atoms with E-state index >= 15 is 0 Å². The number of hydrogen-bond donors (Lipinski definition) is 1. The lowest BCUT2D eigenvalue weighted by Gasteiger charge is -2.34. The Morgan fingerprint density at radius 1 is 1.09 bits per heavy atom. The van der Waals surface area contributed by atoms with E-state index in [0.29, 0.717) is 11.7 Å². The van der Waals surface area contributed by atoms with Crippen LogP contribution in [0.4, 0.5) is 0 Å². The van der Waals surface area contributed by atoms with Gasteiger partial charge < -0.3 is 10.3 Å². The second-order valence-corrected chi connectivity index (χ2v) is 6.61. The molecule has 1 aliphatic heterocycles. The monoisotopic (exact) mass is 334 g/mol. The minimum atomic E-state index is -0.364. The van der Waals surface area contributed by atoms with E-state index < -0.39 is 0 Å². The first-order chi connectivity index (χ1) is 10.7. The summed E-state index contributed by atoms with van der Waals surface area (Å²) in [5, 5.41) is 4.07. The summed E-state index contributed by atoms with van der Waals surface area (Å²) in [5.74, 6) is 1.22. The Morgan fingerprint density at radius 3 is 2.39 bits per heavy atom. The number of benzene rings is 1. The van der Waals surface area contributed by atoms with Crippen LogP contribution in [0.15, 0.2) is 28.8 Å². The van der Waals surface area contributed by atoms with Gasteiger partial charge in [-0.1, -0.05) is 17.3 Å². The lowest BCUT2D eigenvalue weighted by atomic mass is 9.77. The summed E-state index contributed by atoms with van der Waals surface area (Å²) in [4.78, 5) is 6.99. The van der Waals surface area contributed by atoms with Crippen molar-refractivity contribution in [2.45, 2.75) is 44.2 Å². The Balaban J connectivity index is 0.00000156. The quantitative estimate of drug-likeness (QED) is 0.930. The van der Waals surface area contributed by atoms with Crippen LogP contribution in [0.5, 0.6) is 0 Å². The molecule has 2 aromatic rings. The van der Waals surface area contributed by atoms with Gasteiger partial charge in [-0.05, 0) is 62.9 Å². The fourth-order valence-corrected chi connectivity index (χ4v) is 3.28. The lowest BCUT2D eigenvalue weighted by Crippen LogP contribution is -2.44. The maximum atomic E-state index is 6.24. The second kappa shape index (κ2) is 6.59. The molecule has 23 heavy (non-hydrogen) atoms. The Morgan fingerprint density at radius 2 is 1.78 bits per heavy atom. The molecule has 2 heterocycles. The van der Waals surface area contributed by atoms with Gasteiger partial charge in [0.15, 0.2) is 5.82 Å². The normalized spacial score (nSPS) is 20.0. The van der Waals surface area contributed by atoms with Crippen molar-refractivity contribution < 1.29 is 4.52 Å². The molecule has 1 saturated heterocycles. The van der Waals surface area contributed by atoms with Crippen LogP contribution < -0.4 is 5.73 Å². The van der Waals surface area contributed by atoms with Crippen LogP contribution in [0.3, 0.4) is 0 Å². The van der Waals surface area contributed by atoms with Crippen molar-refractivity contribution in [1.29, 1.82) is 0 Å². The van der Waals surface area contributed by atoms with Crippen LogP contribution in [-0.4, -0.2) is 28.1 Å². The first-order valence-corrected chi connectivity index (χ1v) is 8.18. The van der Waals surface area contributed by atoms with Gasteiger partial charge in [0.05, 0.1) is 5.54 Å². The third-order valence-electron chi connectivity index (χ3n) is 4.92. The molecule has 0 amide bonds. The summed E-state index contributed by atoms with van der Waals surface area (Å²) >= 11 is 0. The van der Waals surface area contributed by atoms with Crippen molar-refractivity contribution in [3.05, 3.63) is 35.7 Å². The predicted molar refractivity (Wildman–Crippen MR) is 91.2 cm³/mol. The molecule has 2 fully saturated rings. The van der Waals surface area contributed by atoms with Crippen LogP contribution in [0.2, 0.25) is 0 Å². The van der Waals surface area contributed by atoms with E-state index in [1.807, 2.05) is 0 Å². The first-order valence-electron chi connectivity index (χ1n) is 8.18. The van der Waals surface area contributed by atoms with E-state index in [1.54, 1.807) is 0 Å². The maximum absolute atomic E-state index is 6.24. The van der Waals surface area contributed by atoms with E-state index in [-0.39, 0.29) is 17.9 Å². The van der Waals surface area contributed by atoms with Crippen LogP contribution in [-0.2, 0) is 12.1 Å². The fraction of sp³-hybridized carbons (Fsp3) is 0.529. The average Bonchev–Trinajstić information content (AvgIpc) is 3.17. The van der Waals surface area contributed by atoms with E-state index in [9.17, 15) is 0 Å². The number of rotatable bonds is 4. The van der Waals surface area contributed by atoms with Crippen molar-refractivity contribution in [3.8, 4) is 11.5 Å². The second-order valence-electron chi connectivity index (χ2n) is 6.61. The van der Waals surface area contributed by atoms with Crippen LogP contribution >= 0.6 is 12.4 Å². The predicted octanol–water partition coefficient (Wildman–Crippen LogP) is 3.09. The molecule has 2 aliphatic rings. The minimum Gasteiger partial charge on any atom is -0.334 e. The third kappa shape index (κ3) is 3.27. The number of hydrogen-bond acceptors (Lipinski definition) is 5. The molecule has 1 saturated carbocycles. The van der Waals surface area contributed by atoms with E-state index in [4.69, 9.17) is 10.3 Å². The van der Waals surface area contributed by atoms with Gasteiger partial charge in [-0.3, -0.25) is 4.90 Å².